The molecular formula is C15H18N2O5. The zero-order valence-corrected chi connectivity index (χ0v) is 12.7. The molecule has 0 unspecified atom stereocenters. The predicted molar refractivity (Wildman–Crippen MR) is 79.3 cm³/mol. The topological polar surface area (TPSA) is 90.5 Å². The SMILES string of the molecule is COC(=O)[C@@H](NC(=O)Cn1c(=O)oc2ccccc21)C(C)C. The van der Waals surface area contributed by atoms with Gasteiger partial charge in [-0.3, -0.25) is 9.36 Å². The van der Waals surface area contributed by atoms with E-state index in [1.54, 1.807) is 38.1 Å². The van der Waals surface area contributed by atoms with Crippen molar-refractivity contribution in [2.45, 2.75) is 26.4 Å². The van der Waals surface area contributed by atoms with Crippen LogP contribution in [0.25, 0.3) is 11.1 Å². The summed E-state index contributed by atoms with van der Waals surface area (Å²) in [7, 11) is 1.26. The number of fused-ring (bicyclic) bond motifs is 1. The molecule has 1 atom stereocenters. The van der Waals surface area contributed by atoms with Crippen LogP contribution in [0.5, 0.6) is 0 Å². The smallest absolute Gasteiger partial charge is 0.420 e. The third-order valence-corrected chi connectivity index (χ3v) is 3.31. The molecule has 1 aromatic heterocycles. The van der Waals surface area contributed by atoms with E-state index < -0.39 is 23.7 Å². The number of rotatable bonds is 5. The fraction of sp³-hybridized carbons (Fsp3) is 0.400. The Labute approximate surface area is 126 Å². The molecule has 7 heteroatoms. The number of carbonyl (C=O) groups is 2. The van der Waals surface area contributed by atoms with Gasteiger partial charge in [0.2, 0.25) is 5.91 Å². The van der Waals surface area contributed by atoms with E-state index in [1.165, 1.54) is 11.7 Å². The Balaban J connectivity index is 2.19. The maximum atomic E-state index is 12.1. The van der Waals surface area contributed by atoms with Crippen LogP contribution >= 0.6 is 0 Å². The number of nitrogens with one attached hydrogen (secondary N) is 1. The maximum Gasteiger partial charge on any atom is 0.420 e. The monoisotopic (exact) mass is 306 g/mol. The minimum Gasteiger partial charge on any atom is -0.467 e. The number of methoxy groups -OCH3 is 1. The number of hydrogen-bond acceptors (Lipinski definition) is 5. The maximum absolute atomic E-state index is 12.1. The van der Waals surface area contributed by atoms with E-state index in [0.29, 0.717) is 11.1 Å². The Bertz CT molecular complexity index is 744. The first kappa shape index (κ1) is 15.8. The number of carbonyl (C=O) groups excluding carboxylic acids is 2. The van der Waals surface area contributed by atoms with Crippen molar-refractivity contribution in [3.8, 4) is 0 Å². The van der Waals surface area contributed by atoms with Gasteiger partial charge in [0.25, 0.3) is 0 Å². The lowest BCUT2D eigenvalue weighted by atomic mass is 10.0. The minimum absolute atomic E-state index is 0.130. The van der Waals surface area contributed by atoms with Crippen molar-refractivity contribution in [1.82, 2.24) is 9.88 Å². The molecular weight excluding hydrogens is 288 g/mol. The molecule has 1 heterocycles. The number of nitrogens with zero attached hydrogens (tertiary/aromatic N) is 1. The Hall–Kier alpha value is -2.57. The van der Waals surface area contributed by atoms with E-state index in [0.717, 1.165) is 0 Å². The lowest BCUT2D eigenvalue weighted by molar-refractivity contribution is -0.146. The van der Waals surface area contributed by atoms with Gasteiger partial charge in [-0.05, 0) is 18.1 Å². The highest BCUT2D eigenvalue weighted by Gasteiger charge is 2.25. The number of aromatic nitrogens is 1. The molecule has 2 aromatic rings. The van der Waals surface area contributed by atoms with Gasteiger partial charge in [0.15, 0.2) is 5.58 Å². The standard InChI is InChI=1S/C15H18N2O5/c1-9(2)13(14(19)21-3)16-12(18)8-17-10-6-4-5-7-11(10)22-15(17)20/h4-7,9,13H,8H2,1-3H3,(H,16,18)/t13-/m0/s1. The molecule has 0 saturated carbocycles. The van der Waals surface area contributed by atoms with Crippen LogP contribution in [0.1, 0.15) is 13.8 Å². The fourth-order valence-electron chi connectivity index (χ4n) is 2.15. The highest BCUT2D eigenvalue weighted by atomic mass is 16.5. The molecule has 2 rings (SSSR count). The van der Waals surface area contributed by atoms with Crippen LogP contribution in [0.15, 0.2) is 33.5 Å². The van der Waals surface area contributed by atoms with E-state index in [2.05, 4.69) is 10.1 Å². The summed E-state index contributed by atoms with van der Waals surface area (Å²) < 4.78 is 10.9. The lowest BCUT2D eigenvalue weighted by Crippen LogP contribution is -2.46. The van der Waals surface area contributed by atoms with E-state index in [4.69, 9.17) is 4.42 Å². The van der Waals surface area contributed by atoms with Crippen LogP contribution in [0.2, 0.25) is 0 Å². The summed E-state index contributed by atoms with van der Waals surface area (Å²) in [4.78, 5) is 35.6. The van der Waals surface area contributed by atoms with Crippen LogP contribution in [-0.2, 0) is 20.9 Å². The minimum atomic E-state index is -0.758. The highest BCUT2D eigenvalue weighted by Crippen LogP contribution is 2.11. The molecule has 1 amide bonds. The van der Waals surface area contributed by atoms with Crippen LogP contribution < -0.4 is 11.1 Å². The molecule has 0 bridgehead atoms. The van der Waals surface area contributed by atoms with E-state index in [9.17, 15) is 14.4 Å². The van der Waals surface area contributed by atoms with Gasteiger partial charge in [0.05, 0.1) is 12.6 Å². The summed E-state index contributed by atoms with van der Waals surface area (Å²) in [5.41, 5.74) is 0.940. The summed E-state index contributed by atoms with van der Waals surface area (Å²) in [6, 6.07) is 6.06. The molecule has 0 aliphatic carbocycles. The molecule has 1 N–H and O–H groups in total. The van der Waals surface area contributed by atoms with Crippen molar-refractivity contribution in [2.75, 3.05) is 7.11 Å². The Kier molecular flexibility index (Phi) is 4.65. The predicted octanol–water partition coefficient (Wildman–Crippen LogP) is 0.908. The van der Waals surface area contributed by atoms with Gasteiger partial charge in [-0.25, -0.2) is 9.59 Å². The second-order valence-electron chi connectivity index (χ2n) is 5.23. The summed E-state index contributed by atoms with van der Waals surface area (Å²) in [6.07, 6.45) is 0. The molecule has 118 valence electrons. The number of para-hydroxylation sites is 2. The first-order chi connectivity index (χ1) is 10.4. The molecule has 7 nitrogen and oxygen atoms in total. The fourth-order valence-corrected chi connectivity index (χ4v) is 2.15. The third-order valence-electron chi connectivity index (χ3n) is 3.31. The number of benzene rings is 1. The summed E-state index contributed by atoms with van der Waals surface area (Å²) >= 11 is 0. The molecule has 0 fully saturated rings. The van der Waals surface area contributed by atoms with Crippen LogP contribution in [0.3, 0.4) is 0 Å². The average molecular weight is 306 g/mol. The number of ether oxygens (including phenoxy) is 1. The molecule has 0 radical (unpaired) electrons. The summed E-state index contributed by atoms with van der Waals surface area (Å²) in [6.45, 7) is 3.36. The largest absolute Gasteiger partial charge is 0.467 e. The molecule has 0 aliphatic heterocycles. The lowest BCUT2D eigenvalue weighted by Gasteiger charge is -2.19. The third kappa shape index (κ3) is 3.19. The van der Waals surface area contributed by atoms with Gasteiger partial charge >= 0.3 is 11.7 Å². The number of oxazole rings is 1. The van der Waals surface area contributed by atoms with E-state index in [1.807, 2.05) is 0 Å². The van der Waals surface area contributed by atoms with Crippen molar-refractivity contribution in [1.29, 1.82) is 0 Å². The average Bonchev–Trinajstić information content (AvgIpc) is 2.80. The molecule has 0 spiro atoms. The van der Waals surface area contributed by atoms with Gasteiger partial charge in [-0.2, -0.15) is 0 Å². The van der Waals surface area contributed by atoms with Gasteiger partial charge in [0, 0.05) is 0 Å². The molecule has 0 aliphatic rings. The van der Waals surface area contributed by atoms with Gasteiger partial charge in [0.1, 0.15) is 12.6 Å². The van der Waals surface area contributed by atoms with Crippen molar-refractivity contribution in [2.24, 2.45) is 5.92 Å². The number of amides is 1. The van der Waals surface area contributed by atoms with Gasteiger partial charge in [-0.15, -0.1) is 0 Å². The van der Waals surface area contributed by atoms with Gasteiger partial charge in [-0.1, -0.05) is 26.0 Å². The van der Waals surface area contributed by atoms with Crippen LogP contribution in [0, 0.1) is 5.92 Å². The van der Waals surface area contributed by atoms with Crippen molar-refractivity contribution < 1.29 is 18.7 Å². The second-order valence-corrected chi connectivity index (χ2v) is 5.23. The van der Waals surface area contributed by atoms with Crippen molar-refractivity contribution in [3.63, 3.8) is 0 Å². The Morgan fingerprint density at radius 2 is 2.00 bits per heavy atom. The first-order valence-corrected chi connectivity index (χ1v) is 6.89. The first-order valence-electron chi connectivity index (χ1n) is 6.89. The summed E-state index contributed by atoms with van der Waals surface area (Å²) in [5, 5.41) is 2.58. The van der Waals surface area contributed by atoms with Gasteiger partial charge < -0.3 is 14.5 Å². The number of esters is 1. The molecule has 1 aromatic carbocycles. The Morgan fingerprint density at radius 3 is 2.64 bits per heavy atom. The normalized spacial score (nSPS) is 12.4. The number of hydrogen-bond donors (Lipinski definition) is 1. The zero-order chi connectivity index (χ0) is 16.3. The zero-order valence-electron chi connectivity index (χ0n) is 12.7. The summed E-state index contributed by atoms with van der Waals surface area (Å²) in [5.74, 6) is -1.73. The van der Waals surface area contributed by atoms with Crippen LogP contribution in [-0.4, -0.2) is 29.6 Å². The van der Waals surface area contributed by atoms with Crippen molar-refractivity contribution in [3.05, 3.63) is 34.8 Å². The highest BCUT2D eigenvalue weighted by molar-refractivity contribution is 5.85. The quantitative estimate of drug-likeness (QED) is 0.829. The molecule has 22 heavy (non-hydrogen) atoms. The Morgan fingerprint density at radius 1 is 1.32 bits per heavy atom. The van der Waals surface area contributed by atoms with E-state index >= 15 is 0 Å². The van der Waals surface area contributed by atoms with Crippen LogP contribution in [0.4, 0.5) is 0 Å². The second kappa shape index (κ2) is 6.46. The van der Waals surface area contributed by atoms with Crippen molar-refractivity contribution >= 4 is 23.0 Å². The molecule has 0 saturated heterocycles. The van der Waals surface area contributed by atoms with E-state index in [-0.39, 0.29) is 12.5 Å².